The van der Waals surface area contributed by atoms with Gasteiger partial charge < -0.3 is 15.4 Å². The second-order valence-electron chi connectivity index (χ2n) is 3.77. The van der Waals surface area contributed by atoms with Gasteiger partial charge in [0.25, 0.3) is 0 Å². The third-order valence-corrected chi connectivity index (χ3v) is 1.97. The van der Waals surface area contributed by atoms with E-state index in [1.54, 1.807) is 0 Å². The summed E-state index contributed by atoms with van der Waals surface area (Å²) in [4.78, 5) is 2.17. The summed E-state index contributed by atoms with van der Waals surface area (Å²) in [6, 6.07) is 0. The highest BCUT2D eigenvalue weighted by Gasteiger charge is 2.00. The third kappa shape index (κ3) is 9.80. The Morgan fingerprint density at radius 1 is 1.31 bits per heavy atom. The van der Waals surface area contributed by atoms with Crippen molar-refractivity contribution < 1.29 is 4.74 Å². The molecule has 3 nitrogen and oxygen atoms in total. The van der Waals surface area contributed by atoms with Gasteiger partial charge in [0.05, 0.1) is 6.10 Å². The molecule has 1 unspecified atom stereocenters. The highest BCUT2D eigenvalue weighted by Crippen LogP contribution is 2.00. The summed E-state index contributed by atoms with van der Waals surface area (Å²) in [5.74, 6) is 0. The molecule has 13 heavy (non-hydrogen) atoms. The molecule has 3 heteroatoms. The Labute approximate surface area is 82.2 Å². The van der Waals surface area contributed by atoms with Gasteiger partial charge in [-0.1, -0.05) is 0 Å². The zero-order chi connectivity index (χ0) is 10.1. The van der Waals surface area contributed by atoms with Crippen LogP contribution in [0.15, 0.2) is 0 Å². The molecule has 0 aliphatic rings. The zero-order valence-electron chi connectivity index (χ0n) is 9.25. The Kier molecular flexibility index (Phi) is 8.40. The van der Waals surface area contributed by atoms with Crippen LogP contribution in [0.3, 0.4) is 0 Å². The standard InChI is InChI=1S/C10H24N2O/c1-10(6-4-7-11)13-9-5-8-12(2)3/h10H,4-9,11H2,1-3H3. The summed E-state index contributed by atoms with van der Waals surface area (Å²) in [7, 11) is 4.16. The first-order chi connectivity index (χ1) is 6.16. The van der Waals surface area contributed by atoms with E-state index in [-0.39, 0.29) is 0 Å². The Balaban J connectivity index is 3.12. The van der Waals surface area contributed by atoms with Crippen molar-refractivity contribution in [1.29, 1.82) is 0 Å². The van der Waals surface area contributed by atoms with Gasteiger partial charge in [-0.25, -0.2) is 0 Å². The van der Waals surface area contributed by atoms with Crippen LogP contribution in [-0.4, -0.2) is 44.8 Å². The lowest BCUT2D eigenvalue weighted by Crippen LogP contribution is -2.17. The van der Waals surface area contributed by atoms with E-state index in [4.69, 9.17) is 10.5 Å². The summed E-state index contributed by atoms with van der Waals surface area (Å²) in [5, 5.41) is 0. The molecule has 0 aromatic heterocycles. The maximum Gasteiger partial charge on any atom is 0.0547 e. The molecule has 0 aliphatic heterocycles. The molecule has 0 bridgehead atoms. The minimum atomic E-state index is 0.366. The fraction of sp³-hybridized carbons (Fsp3) is 1.00. The topological polar surface area (TPSA) is 38.5 Å². The monoisotopic (exact) mass is 188 g/mol. The molecule has 0 fully saturated rings. The van der Waals surface area contributed by atoms with E-state index >= 15 is 0 Å². The largest absolute Gasteiger partial charge is 0.378 e. The van der Waals surface area contributed by atoms with Crippen molar-refractivity contribution in [2.24, 2.45) is 5.73 Å². The maximum atomic E-state index is 5.61. The summed E-state index contributed by atoms with van der Waals surface area (Å²) in [6.45, 7) is 4.85. The lowest BCUT2D eigenvalue weighted by Gasteiger charge is -2.14. The Bertz CT molecular complexity index is 107. The number of nitrogens with zero attached hydrogens (tertiary/aromatic N) is 1. The summed E-state index contributed by atoms with van der Waals surface area (Å²) in [5.41, 5.74) is 5.41. The minimum Gasteiger partial charge on any atom is -0.378 e. The highest BCUT2D eigenvalue weighted by atomic mass is 16.5. The molecule has 0 spiro atoms. The molecular formula is C10H24N2O. The average Bonchev–Trinajstić information content (AvgIpc) is 2.08. The molecule has 0 rings (SSSR count). The summed E-state index contributed by atoms with van der Waals surface area (Å²) < 4.78 is 5.61. The van der Waals surface area contributed by atoms with Gasteiger partial charge in [-0.05, 0) is 53.4 Å². The van der Waals surface area contributed by atoms with Crippen molar-refractivity contribution in [2.75, 3.05) is 33.8 Å². The number of rotatable bonds is 8. The highest BCUT2D eigenvalue weighted by molar-refractivity contribution is 4.52. The summed E-state index contributed by atoms with van der Waals surface area (Å²) in [6.07, 6.45) is 3.62. The first-order valence-corrected chi connectivity index (χ1v) is 5.13. The molecule has 0 saturated carbocycles. The molecule has 2 N–H and O–H groups in total. The zero-order valence-corrected chi connectivity index (χ0v) is 9.25. The molecule has 0 saturated heterocycles. The van der Waals surface area contributed by atoms with Crippen molar-refractivity contribution in [3.8, 4) is 0 Å². The van der Waals surface area contributed by atoms with Crippen molar-refractivity contribution >= 4 is 0 Å². The number of hydrogen-bond acceptors (Lipinski definition) is 3. The van der Waals surface area contributed by atoms with E-state index in [2.05, 4.69) is 25.9 Å². The Hall–Kier alpha value is -0.120. The van der Waals surface area contributed by atoms with E-state index in [1.807, 2.05) is 0 Å². The number of ether oxygens (including phenoxy) is 1. The molecule has 80 valence electrons. The Morgan fingerprint density at radius 3 is 2.54 bits per heavy atom. The third-order valence-electron chi connectivity index (χ3n) is 1.97. The second kappa shape index (κ2) is 8.48. The van der Waals surface area contributed by atoms with Crippen molar-refractivity contribution in [3.63, 3.8) is 0 Å². The molecular weight excluding hydrogens is 164 g/mol. The van der Waals surface area contributed by atoms with Crippen LogP contribution in [0.25, 0.3) is 0 Å². The van der Waals surface area contributed by atoms with Gasteiger partial charge >= 0.3 is 0 Å². The Morgan fingerprint density at radius 2 is 2.00 bits per heavy atom. The van der Waals surface area contributed by atoms with Crippen LogP contribution < -0.4 is 5.73 Å². The predicted molar refractivity (Wildman–Crippen MR) is 56.9 cm³/mol. The van der Waals surface area contributed by atoms with E-state index in [9.17, 15) is 0 Å². The van der Waals surface area contributed by atoms with Crippen LogP contribution in [0.5, 0.6) is 0 Å². The van der Waals surface area contributed by atoms with E-state index in [0.29, 0.717) is 6.10 Å². The van der Waals surface area contributed by atoms with E-state index in [1.165, 1.54) is 0 Å². The van der Waals surface area contributed by atoms with Crippen LogP contribution in [0, 0.1) is 0 Å². The summed E-state index contributed by atoms with van der Waals surface area (Å²) >= 11 is 0. The molecule has 0 aromatic carbocycles. The smallest absolute Gasteiger partial charge is 0.0547 e. The van der Waals surface area contributed by atoms with Crippen LogP contribution in [0.1, 0.15) is 26.2 Å². The van der Waals surface area contributed by atoms with Gasteiger partial charge in [0.1, 0.15) is 0 Å². The second-order valence-corrected chi connectivity index (χ2v) is 3.77. The van der Waals surface area contributed by atoms with Gasteiger partial charge in [-0.3, -0.25) is 0 Å². The molecule has 0 amide bonds. The van der Waals surface area contributed by atoms with Crippen LogP contribution in [0.4, 0.5) is 0 Å². The van der Waals surface area contributed by atoms with Gasteiger partial charge in [-0.2, -0.15) is 0 Å². The normalized spacial score (nSPS) is 13.6. The van der Waals surface area contributed by atoms with Crippen LogP contribution in [0.2, 0.25) is 0 Å². The molecule has 0 heterocycles. The van der Waals surface area contributed by atoms with Gasteiger partial charge in [0.15, 0.2) is 0 Å². The van der Waals surface area contributed by atoms with Crippen molar-refractivity contribution in [2.45, 2.75) is 32.3 Å². The quantitative estimate of drug-likeness (QED) is 0.579. The maximum absolute atomic E-state index is 5.61. The van der Waals surface area contributed by atoms with Crippen LogP contribution in [-0.2, 0) is 4.74 Å². The number of hydrogen-bond donors (Lipinski definition) is 1. The lowest BCUT2D eigenvalue weighted by atomic mass is 10.2. The molecule has 1 atom stereocenters. The fourth-order valence-electron chi connectivity index (χ4n) is 1.15. The van der Waals surface area contributed by atoms with Crippen molar-refractivity contribution in [1.82, 2.24) is 4.90 Å². The minimum absolute atomic E-state index is 0.366. The molecule has 0 radical (unpaired) electrons. The average molecular weight is 188 g/mol. The lowest BCUT2D eigenvalue weighted by molar-refractivity contribution is 0.0547. The first-order valence-electron chi connectivity index (χ1n) is 5.13. The predicted octanol–water partition coefficient (Wildman–Crippen LogP) is 1.08. The molecule has 0 aliphatic carbocycles. The van der Waals surface area contributed by atoms with Crippen LogP contribution >= 0.6 is 0 Å². The first kappa shape index (κ1) is 12.9. The fourth-order valence-corrected chi connectivity index (χ4v) is 1.15. The van der Waals surface area contributed by atoms with Crippen molar-refractivity contribution in [3.05, 3.63) is 0 Å². The molecule has 0 aromatic rings. The van der Waals surface area contributed by atoms with E-state index in [0.717, 1.165) is 39.0 Å². The SMILES string of the molecule is CC(CCCN)OCCCN(C)C. The van der Waals surface area contributed by atoms with E-state index < -0.39 is 0 Å². The van der Waals surface area contributed by atoms with Gasteiger partial charge in [0, 0.05) is 6.61 Å². The van der Waals surface area contributed by atoms with Gasteiger partial charge in [0.2, 0.25) is 0 Å². The van der Waals surface area contributed by atoms with Gasteiger partial charge in [-0.15, -0.1) is 0 Å². The number of nitrogens with two attached hydrogens (primary N) is 1.